The highest BCUT2D eigenvalue weighted by atomic mass is 35.5. The number of quaternary nitrogens is 1. The maximum absolute atomic E-state index is 13.5. The van der Waals surface area contributed by atoms with E-state index in [4.69, 9.17) is 16.7 Å². The van der Waals surface area contributed by atoms with Gasteiger partial charge in [-0.3, -0.25) is 4.79 Å². The first kappa shape index (κ1) is 28.8. The Hall–Kier alpha value is -2.77. The fourth-order valence-corrected chi connectivity index (χ4v) is 5.27. The molecule has 2 unspecified atom stereocenters. The van der Waals surface area contributed by atoms with Crippen LogP contribution in [0.4, 0.5) is 4.39 Å². The molecule has 8 heteroatoms. The lowest BCUT2D eigenvalue weighted by molar-refractivity contribution is -0.899. The molecule has 1 aliphatic heterocycles. The van der Waals surface area contributed by atoms with Gasteiger partial charge in [-0.2, -0.15) is 5.10 Å². The number of benzene rings is 3. The highest BCUT2D eigenvalue weighted by molar-refractivity contribution is 6.30. The summed E-state index contributed by atoms with van der Waals surface area (Å²) in [4.78, 5) is 15.0. The average Bonchev–Trinajstić information content (AvgIpc) is 3.12. The predicted molar refractivity (Wildman–Crippen MR) is 142 cm³/mol. The number of halogens is 3. The molecule has 0 saturated carbocycles. The normalized spacial score (nSPS) is 17.5. The molecular weight excluding hydrogens is 512 g/mol. The standard InChI is InChI=1S/C29H29ClFN3O.ClH.H2O/c30-23-11-7-22(8-12-23)20-28-26-5-1-2-6-27(26)29(35)34(32-28)25-4-3-17-33(19-16-25)18-15-21-9-13-24(31)14-10-21;;/h1-2,5-14,25H,3-4,15-20H2;1H;1H2. The molecule has 0 spiro atoms. The Morgan fingerprint density at radius 2 is 1.59 bits per heavy atom. The van der Waals surface area contributed by atoms with E-state index >= 15 is 0 Å². The predicted octanol–water partition coefficient (Wildman–Crippen LogP) is 0.812. The Morgan fingerprint density at radius 3 is 2.32 bits per heavy atom. The lowest BCUT2D eigenvalue weighted by atomic mass is 10.0. The van der Waals surface area contributed by atoms with Crippen molar-refractivity contribution in [2.45, 2.75) is 38.1 Å². The van der Waals surface area contributed by atoms with Gasteiger partial charge in [-0.25, -0.2) is 9.07 Å². The van der Waals surface area contributed by atoms with E-state index in [9.17, 15) is 9.18 Å². The van der Waals surface area contributed by atoms with Crippen LogP contribution in [0.5, 0.6) is 0 Å². The van der Waals surface area contributed by atoms with Crippen LogP contribution in [0, 0.1) is 5.82 Å². The quantitative estimate of drug-likeness (QED) is 0.391. The van der Waals surface area contributed by atoms with Crippen LogP contribution in [-0.4, -0.2) is 34.9 Å². The van der Waals surface area contributed by atoms with Crippen molar-refractivity contribution in [2.24, 2.45) is 0 Å². The molecule has 5 rings (SSSR count). The van der Waals surface area contributed by atoms with Gasteiger partial charge in [-0.15, -0.1) is 0 Å². The third kappa shape index (κ3) is 6.96. The van der Waals surface area contributed by atoms with Gasteiger partial charge in [0.1, 0.15) is 5.82 Å². The van der Waals surface area contributed by atoms with E-state index in [1.54, 1.807) is 4.68 Å². The second-order valence-corrected chi connectivity index (χ2v) is 9.94. The Balaban J connectivity index is 0.00000190. The van der Waals surface area contributed by atoms with Crippen LogP contribution in [0.15, 0.2) is 77.6 Å². The van der Waals surface area contributed by atoms with Crippen LogP contribution >= 0.6 is 11.6 Å². The van der Waals surface area contributed by atoms with Crippen molar-refractivity contribution < 1.29 is 27.2 Å². The maximum atomic E-state index is 13.5. The number of fused-ring (bicyclic) bond motifs is 1. The highest BCUT2D eigenvalue weighted by Gasteiger charge is 2.24. The lowest BCUT2D eigenvalue weighted by Crippen LogP contribution is -3.12. The third-order valence-corrected chi connectivity index (χ3v) is 7.37. The summed E-state index contributed by atoms with van der Waals surface area (Å²) in [5.41, 5.74) is 3.21. The number of hydrogen-bond donors (Lipinski definition) is 1. The van der Waals surface area contributed by atoms with Gasteiger partial charge < -0.3 is 22.8 Å². The second-order valence-electron chi connectivity index (χ2n) is 9.51. The SMILES string of the molecule is O.O=c1c2ccccc2c(Cc2ccc(Cl)cc2)nn1C1CCC[NH+](CCc2ccc(F)cc2)CC1.[Cl-]. The van der Waals surface area contributed by atoms with E-state index in [0.29, 0.717) is 11.4 Å². The van der Waals surface area contributed by atoms with Crippen LogP contribution in [0.2, 0.25) is 5.02 Å². The van der Waals surface area contributed by atoms with Crippen LogP contribution in [-0.2, 0) is 12.8 Å². The maximum Gasteiger partial charge on any atom is 0.274 e. The molecule has 0 radical (unpaired) electrons. The Kier molecular flexibility index (Phi) is 10.2. The van der Waals surface area contributed by atoms with Crippen molar-refractivity contribution >= 4 is 22.4 Å². The summed E-state index contributed by atoms with van der Waals surface area (Å²) < 4.78 is 15.0. The zero-order valence-corrected chi connectivity index (χ0v) is 22.1. The van der Waals surface area contributed by atoms with E-state index in [2.05, 4.69) is 0 Å². The molecule has 37 heavy (non-hydrogen) atoms. The van der Waals surface area contributed by atoms with Crippen molar-refractivity contribution in [1.29, 1.82) is 0 Å². The average molecular weight is 544 g/mol. The number of hydrogen-bond acceptors (Lipinski definition) is 2. The zero-order valence-electron chi connectivity index (χ0n) is 20.6. The summed E-state index contributed by atoms with van der Waals surface area (Å²) in [5.74, 6) is -0.192. The van der Waals surface area contributed by atoms with Gasteiger partial charge in [0.15, 0.2) is 0 Å². The fraction of sp³-hybridized carbons (Fsp3) is 0.310. The van der Waals surface area contributed by atoms with Gasteiger partial charge in [-0.05, 0) is 54.3 Å². The van der Waals surface area contributed by atoms with Gasteiger partial charge in [0, 0.05) is 29.7 Å². The summed E-state index contributed by atoms with van der Waals surface area (Å²) in [6.45, 7) is 3.09. The summed E-state index contributed by atoms with van der Waals surface area (Å²) >= 11 is 6.07. The van der Waals surface area contributed by atoms with E-state index in [1.165, 1.54) is 22.6 Å². The monoisotopic (exact) mass is 543 g/mol. The summed E-state index contributed by atoms with van der Waals surface area (Å²) in [5, 5.41) is 7.30. The number of aromatic nitrogens is 2. The van der Waals surface area contributed by atoms with Crippen molar-refractivity contribution in [3.05, 3.63) is 111 Å². The van der Waals surface area contributed by atoms with E-state index < -0.39 is 0 Å². The summed E-state index contributed by atoms with van der Waals surface area (Å²) in [7, 11) is 0. The molecule has 0 aliphatic carbocycles. The van der Waals surface area contributed by atoms with Crippen molar-refractivity contribution in [3.8, 4) is 0 Å². The van der Waals surface area contributed by atoms with E-state index in [0.717, 1.165) is 67.3 Å². The molecule has 0 bridgehead atoms. The number of likely N-dealkylation sites (tertiary alicyclic amines) is 1. The first-order valence-corrected chi connectivity index (χ1v) is 12.8. The number of nitrogens with zero attached hydrogens (tertiary/aromatic N) is 2. The zero-order chi connectivity index (χ0) is 24.2. The van der Waals surface area contributed by atoms with Gasteiger partial charge in [0.05, 0.1) is 36.8 Å². The van der Waals surface area contributed by atoms with E-state index in [1.807, 2.05) is 60.7 Å². The first-order valence-electron chi connectivity index (χ1n) is 12.4. The molecule has 3 N–H and O–H groups in total. The number of nitrogens with one attached hydrogen (secondary N) is 1. The van der Waals surface area contributed by atoms with Crippen LogP contribution in [0.25, 0.3) is 10.8 Å². The van der Waals surface area contributed by atoms with Crippen molar-refractivity contribution in [1.82, 2.24) is 9.78 Å². The Bertz CT molecular complexity index is 1360. The Labute approximate surface area is 227 Å². The minimum Gasteiger partial charge on any atom is -1.00 e. The smallest absolute Gasteiger partial charge is 0.274 e. The highest BCUT2D eigenvalue weighted by Crippen LogP contribution is 2.22. The first-order chi connectivity index (χ1) is 17.1. The van der Waals surface area contributed by atoms with Gasteiger partial charge in [0.2, 0.25) is 0 Å². The van der Waals surface area contributed by atoms with Gasteiger partial charge >= 0.3 is 0 Å². The fourth-order valence-electron chi connectivity index (χ4n) is 5.14. The summed E-state index contributed by atoms with van der Waals surface area (Å²) in [6.07, 6.45) is 4.51. The molecule has 1 fully saturated rings. The van der Waals surface area contributed by atoms with Crippen LogP contribution in [0.1, 0.15) is 42.1 Å². The molecule has 3 aromatic carbocycles. The molecule has 1 aromatic heterocycles. The van der Waals surface area contributed by atoms with Crippen molar-refractivity contribution in [2.75, 3.05) is 19.6 Å². The second kappa shape index (κ2) is 13.2. The molecule has 1 aliphatic rings. The molecule has 0 amide bonds. The molecular formula is C29H32Cl2FN3O2. The topological polar surface area (TPSA) is 70.8 Å². The van der Waals surface area contributed by atoms with Gasteiger partial charge in [-0.1, -0.05) is 54.1 Å². The Morgan fingerprint density at radius 1 is 0.919 bits per heavy atom. The minimum atomic E-state index is -0.192. The molecule has 196 valence electrons. The minimum absolute atomic E-state index is 0. The number of rotatable bonds is 6. The van der Waals surface area contributed by atoms with Crippen LogP contribution < -0.4 is 22.9 Å². The molecule has 2 atom stereocenters. The van der Waals surface area contributed by atoms with Crippen molar-refractivity contribution in [3.63, 3.8) is 0 Å². The third-order valence-electron chi connectivity index (χ3n) is 7.11. The largest absolute Gasteiger partial charge is 1.00 e. The molecule has 1 saturated heterocycles. The summed E-state index contributed by atoms with van der Waals surface area (Å²) in [6, 6.07) is 22.5. The molecule has 5 nitrogen and oxygen atoms in total. The van der Waals surface area contributed by atoms with Gasteiger partial charge in [0.25, 0.3) is 5.56 Å². The van der Waals surface area contributed by atoms with Crippen LogP contribution in [0.3, 0.4) is 0 Å². The molecule has 2 heterocycles. The lowest BCUT2D eigenvalue weighted by Gasteiger charge is -2.19. The molecule has 4 aromatic rings. The van der Waals surface area contributed by atoms with E-state index in [-0.39, 0.29) is 35.3 Å².